The van der Waals surface area contributed by atoms with Crippen molar-refractivity contribution in [2.75, 3.05) is 38.2 Å². The first-order valence-electron chi connectivity index (χ1n) is 9.04. The van der Waals surface area contributed by atoms with E-state index in [1.54, 1.807) is 0 Å². The Morgan fingerprint density at radius 2 is 2.21 bits per heavy atom. The van der Waals surface area contributed by atoms with Crippen LogP contribution in [0.15, 0.2) is 29.3 Å². The van der Waals surface area contributed by atoms with Gasteiger partial charge in [0.05, 0.1) is 5.60 Å². The second kappa shape index (κ2) is 7.43. The smallest absolute Gasteiger partial charge is 0.191 e. The van der Waals surface area contributed by atoms with Crippen molar-refractivity contribution in [3.63, 3.8) is 0 Å². The summed E-state index contributed by atoms with van der Waals surface area (Å²) in [6.45, 7) is 8.07. The molecule has 0 amide bonds. The van der Waals surface area contributed by atoms with Crippen LogP contribution < -0.4 is 15.5 Å². The lowest BCUT2D eigenvalue weighted by molar-refractivity contribution is 0.0243. The zero-order valence-electron chi connectivity index (χ0n) is 15.1. The van der Waals surface area contributed by atoms with E-state index in [1.807, 2.05) is 7.05 Å². The summed E-state index contributed by atoms with van der Waals surface area (Å²) in [7, 11) is 1.82. The molecule has 132 valence electrons. The second-order valence-corrected chi connectivity index (χ2v) is 7.13. The van der Waals surface area contributed by atoms with Crippen molar-refractivity contribution < 1.29 is 4.74 Å². The Labute approximate surface area is 145 Å². The number of anilines is 1. The molecule has 5 nitrogen and oxygen atoms in total. The molecule has 1 aromatic carbocycles. The van der Waals surface area contributed by atoms with Gasteiger partial charge >= 0.3 is 0 Å². The lowest BCUT2D eigenvalue weighted by atomic mass is 10.0. The predicted molar refractivity (Wildman–Crippen MR) is 99.9 cm³/mol. The highest BCUT2D eigenvalue weighted by Crippen LogP contribution is 2.29. The largest absolute Gasteiger partial charge is 0.373 e. The molecule has 2 N–H and O–H groups in total. The fourth-order valence-electron chi connectivity index (χ4n) is 3.64. The number of fused-ring (bicyclic) bond motifs is 1. The Balaban J connectivity index is 1.49. The number of hydrogen-bond acceptors (Lipinski definition) is 3. The van der Waals surface area contributed by atoms with Gasteiger partial charge in [0.1, 0.15) is 0 Å². The number of para-hydroxylation sites is 1. The van der Waals surface area contributed by atoms with E-state index in [0.717, 1.165) is 51.5 Å². The van der Waals surface area contributed by atoms with E-state index in [1.165, 1.54) is 11.3 Å². The zero-order valence-corrected chi connectivity index (χ0v) is 15.1. The van der Waals surface area contributed by atoms with Crippen LogP contribution in [0.3, 0.4) is 0 Å². The molecule has 2 heterocycles. The molecule has 24 heavy (non-hydrogen) atoms. The van der Waals surface area contributed by atoms with Crippen LogP contribution in [0.1, 0.15) is 32.3 Å². The molecule has 2 atom stereocenters. The average Bonchev–Trinajstić information content (AvgIpc) is 3.21. The lowest BCUT2D eigenvalue weighted by Gasteiger charge is -2.29. The molecule has 0 spiro atoms. The van der Waals surface area contributed by atoms with Crippen LogP contribution in [0, 0.1) is 0 Å². The van der Waals surface area contributed by atoms with E-state index >= 15 is 0 Å². The van der Waals surface area contributed by atoms with Gasteiger partial charge in [0.15, 0.2) is 5.96 Å². The normalized spacial score (nSPS) is 24.8. The van der Waals surface area contributed by atoms with Crippen molar-refractivity contribution in [3.8, 4) is 0 Å². The van der Waals surface area contributed by atoms with E-state index in [-0.39, 0.29) is 5.60 Å². The van der Waals surface area contributed by atoms with Crippen molar-refractivity contribution >= 4 is 11.6 Å². The Hall–Kier alpha value is -1.75. The summed E-state index contributed by atoms with van der Waals surface area (Å²) in [5.41, 5.74) is 2.77. The summed E-state index contributed by atoms with van der Waals surface area (Å²) in [5, 5.41) is 6.87. The number of rotatable bonds is 5. The summed E-state index contributed by atoms with van der Waals surface area (Å²) >= 11 is 0. The number of nitrogens with one attached hydrogen (secondary N) is 2. The molecule has 2 aliphatic heterocycles. The standard InChI is InChI=1S/C19H30N4O/c1-15(23-11-9-16-7-4-5-8-17(16)23)13-21-18(20-3)22-14-19(2)10-6-12-24-19/h4-5,7-8,15H,6,9-14H2,1-3H3,(H2,20,21,22). The summed E-state index contributed by atoms with van der Waals surface area (Å²) < 4.78 is 5.83. The molecule has 0 saturated carbocycles. The minimum absolute atomic E-state index is 0.0584. The van der Waals surface area contributed by atoms with Gasteiger partial charge in [-0.25, -0.2) is 0 Å². The molecule has 0 radical (unpaired) electrons. The number of nitrogens with zero attached hydrogens (tertiary/aromatic N) is 2. The van der Waals surface area contributed by atoms with Gasteiger partial charge in [-0.1, -0.05) is 18.2 Å². The van der Waals surface area contributed by atoms with Crippen LogP contribution in [0.4, 0.5) is 5.69 Å². The summed E-state index contributed by atoms with van der Waals surface area (Å²) in [6.07, 6.45) is 3.40. The number of aliphatic imine (C=N–C) groups is 1. The Morgan fingerprint density at radius 1 is 1.38 bits per heavy atom. The van der Waals surface area contributed by atoms with Crippen molar-refractivity contribution in [1.82, 2.24) is 10.6 Å². The van der Waals surface area contributed by atoms with Crippen LogP contribution in [0.25, 0.3) is 0 Å². The first-order valence-corrected chi connectivity index (χ1v) is 9.04. The monoisotopic (exact) mass is 330 g/mol. The summed E-state index contributed by atoms with van der Waals surface area (Å²) in [5.74, 6) is 0.853. The molecule has 2 aliphatic rings. The molecule has 0 aromatic heterocycles. The van der Waals surface area contributed by atoms with Gasteiger partial charge in [-0.05, 0) is 44.7 Å². The fraction of sp³-hybridized carbons (Fsp3) is 0.632. The van der Waals surface area contributed by atoms with Gasteiger partial charge < -0.3 is 20.3 Å². The zero-order chi connectivity index (χ0) is 17.0. The summed E-state index contributed by atoms with van der Waals surface area (Å²) in [6, 6.07) is 9.14. The van der Waals surface area contributed by atoms with E-state index in [9.17, 15) is 0 Å². The minimum atomic E-state index is -0.0584. The topological polar surface area (TPSA) is 48.9 Å². The highest BCUT2D eigenvalue weighted by atomic mass is 16.5. The quantitative estimate of drug-likeness (QED) is 0.642. The third kappa shape index (κ3) is 3.83. The molecule has 2 unspecified atom stereocenters. The molecule has 1 saturated heterocycles. The maximum atomic E-state index is 5.83. The minimum Gasteiger partial charge on any atom is -0.373 e. The van der Waals surface area contributed by atoms with Crippen molar-refractivity contribution in [2.45, 2.75) is 44.8 Å². The average molecular weight is 330 g/mol. The molecule has 5 heteroatoms. The van der Waals surface area contributed by atoms with E-state index in [2.05, 4.69) is 58.6 Å². The van der Waals surface area contributed by atoms with Gasteiger partial charge in [0.2, 0.25) is 0 Å². The molecular formula is C19H30N4O. The number of guanidine groups is 1. The third-order valence-corrected chi connectivity index (χ3v) is 5.17. The van der Waals surface area contributed by atoms with Gasteiger partial charge in [0.25, 0.3) is 0 Å². The molecular weight excluding hydrogens is 300 g/mol. The highest BCUT2D eigenvalue weighted by molar-refractivity contribution is 5.79. The lowest BCUT2D eigenvalue weighted by Crippen LogP contribution is -2.49. The molecule has 0 bridgehead atoms. The van der Waals surface area contributed by atoms with Crippen molar-refractivity contribution in [3.05, 3.63) is 29.8 Å². The first-order chi connectivity index (χ1) is 11.6. The fourth-order valence-corrected chi connectivity index (χ4v) is 3.64. The third-order valence-electron chi connectivity index (χ3n) is 5.17. The van der Waals surface area contributed by atoms with Crippen LogP contribution in [-0.4, -0.2) is 50.9 Å². The number of ether oxygens (including phenoxy) is 1. The number of benzene rings is 1. The van der Waals surface area contributed by atoms with Crippen LogP contribution in [0.5, 0.6) is 0 Å². The van der Waals surface area contributed by atoms with Crippen LogP contribution >= 0.6 is 0 Å². The molecule has 1 fully saturated rings. The SMILES string of the molecule is CN=C(NCC(C)N1CCc2ccccc21)NCC1(C)CCCO1. The van der Waals surface area contributed by atoms with Gasteiger partial charge in [0, 0.05) is 45.0 Å². The Morgan fingerprint density at radius 3 is 2.96 bits per heavy atom. The molecule has 3 rings (SSSR count). The first kappa shape index (κ1) is 17.1. The van der Waals surface area contributed by atoms with Gasteiger partial charge in [-0.2, -0.15) is 0 Å². The van der Waals surface area contributed by atoms with Crippen molar-refractivity contribution in [1.29, 1.82) is 0 Å². The second-order valence-electron chi connectivity index (χ2n) is 7.13. The van der Waals surface area contributed by atoms with Gasteiger partial charge in [-0.3, -0.25) is 4.99 Å². The predicted octanol–water partition coefficient (Wildman–Crippen LogP) is 2.17. The summed E-state index contributed by atoms with van der Waals surface area (Å²) in [4.78, 5) is 6.83. The van der Waals surface area contributed by atoms with Gasteiger partial charge in [-0.15, -0.1) is 0 Å². The van der Waals surface area contributed by atoms with E-state index in [4.69, 9.17) is 4.74 Å². The number of hydrogen-bond donors (Lipinski definition) is 2. The van der Waals surface area contributed by atoms with E-state index in [0.29, 0.717) is 6.04 Å². The Bertz CT molecular complexity index is 580. The molecule has 1 aromatic rings. The van der Waals surface area contributed by atoms with Crippen molar-refractivity contribution in [2.24, 2.45) is 4.99 Å². The molecule has 0 aliphatic carbocycles. The maximum absolute atomic E-state index is 5.83. The van der Waals surface area contributed by atoms with Crippen LogP contribution in [-0.2, 0) is 11.2 Å². The Kier molecular flexibility index (Phi) is 5.29. The van der Waals surface area contributed by atoms with E-state index < -0.39 is 0 Å². The van der Waals surface area contributed by atoms with Crippen LogP contribution in [0.2, 0.25) is 0 Å². The maximum Gasteiger partial charge on any atom is 0.191 e. The highest BCUT2D eigenvalue weighted by Gasteiger charge is 2.30.